The molecule has 1 aliphatic carbocycles. The fourth-order valence-electron chi connectivity index (χ4n) is 6.75. The Hall–Kier alpha value is -3.44. The van der Waals surface area contributed by atoms with Crippen molar-refractivity contribution in [3.05, 3.63) is 108 Å². The molecule has 0 amide bonds. The fourth-order valence-corrected chi connectivity index (χ4v) is 8.34. The van der Waals surface area contributed by atoms with Crippen molar-refractivity contribution in [2.24, 2.45) is 11.8 Å². The second kappa shape index (κ2) is 15.2. The van der Waals surface area contributed by atoms with E-state index in [1.54, 1.807) is 0 Å². The molecule has 1 fully saturated rings. The molecule has 0 aliphatic heterocycles. The molecule has 7 rings (SSSR count). The minimum Gasteiger partial charge on any atom is -0.499 e. The molecule has 0 N–H and O–H groups in total. The van der Waals surface area contributed by atoms with E-state index < -0.39 is 8.07 Å². The van der Waals surface area contributed by atoms with Gasteiger partial charge in [-0.2, -0.15) is 0 Å². The van der Waals surface area contributed by atoms with E-state index in [4.69, 9.17) is 4.42 Å². The molecule has 4 heterocycles. The van der Waals surface area contributed by atoms with E-state index >= 15 is 0 Å². The van der Waals surface area contributed by atoms with Crippen molar-refractivity contribution in [1.82, 2.24) is 15.0 Å². The summed E-state index contributed by atoms with van der Waals surface area (Å²) in [6, 6.07) is 27.3. The summed E-state index contributed by atoms with van der Waals surface area (Å²) in [6.45, 7) is 13.8. The second-order valence-electron chi connectivity index (χ2n) is 14.3. The van der Waals surface area contributed by atoms with Gasteiger partial charge < -0.3 is 14.4 Å². The van der Waals surface area contributed by atoms with E-state index in [0.29, 0.717) is 5.92 Å². The van der Waals surface area contributed by atoms with Crippen LogP contribution in [0.1, 0.15) is 56.2 Å². The molecule has 4 aromatic heterocycles. The molecule has 1 saturated carbocycles. The van der Waals surface area contributed by atoms with Crippen molar-refractivity contribution in [2.75, 3.05) is 0 Å². The Morgan fingerprint density at radius 2 is 1.72 bits per heavy atom. The number of aromatic nitrogens is 3. The molecule has 2 aromatic carbocycles. The summed E-state index contributed by atoms with van der Waals surface area (Å²) < 4.78 is 6.16. The summed E-state index contributed by atoms with van der Waals surface area (Å²) in [7, 11) is -1.34. The van der Waals surface area contributed by atoms with Crippen LogP contribution in [0.4, 0.5) is 0 Å². The molecule has 0 saturated heterocycles. The normalized spacial score (nSPS) is 13.5. The van der Waals surface area contributed by atoms with Gasteiger partial charge in [0, 0.05) is 38.7 Å². The van der Waals surface area contributed by atoms with Crippen molar-refractivity contribution in [3.8, 4) is 22.5 Å². The number of rotatable bonds is 7. The summed E-state index contributed by atoms with van der Waals surface area (Å²) in [5.74, 6) is 1.49. The summed E-state index contributed by atoms with van der Waals surface area (Å²) in [5, 5.41) is 2.56. The van der Waals surface area contributed by atoms with Crippen LogP contribution < -0.4 is 5.19 Å². The molecule has 1 aliphatic rings. The number of benzene rings is 2. The summed E-state index contributed by atoms with van der Waals surface area (Å²) >= 11 is 0. The van der Waals surface area contributed by atoms with Crippen LogP contribution in [0.5, 0.6) is 0 Å². The Labute approximate surface area is 294 Å². The van der Waals surface area contributed by atoms with Crippen LogP contribution in [0.2, 0.25) is 19.6 Å². The van der Waals surface area contributed by atoms with Crippen LogP contribution in [-0.2, 0) is 32.9 Å². The summed E-state index contributed by atoms with van der Waals surface area (Å²) in [6.07, 6.45) is 13.6. The standard InChI is InChI=1S/C23H21N2O.C18H24NSi.Ir/c1-15-8-9-18(23-21(15)22-20(26-23)7-4-11-25-22)19-14-17(10-12-24-19)13-16-5-2-3-6-16;1-14(2)11-16-12-17(15-9-7-6-8-10-15)19-13-18(16)20(3,4)5;/h4,7-8,10-12,14,16H,2-3,5-6,13H2,1H3;6-9,12-14H,11H2,1-5H3;/q2*-1;. The number of nitrogens with zero attached hydrogens (tertiary/aromatic N) is 3. The van der Waals surface area contributed by atoms with Gasteiger partial charge in [-0.15, -0.1) is 53.6 Å². The molecule has 6 heteroatoms. The van der Waals surface area contributed by atoms with Gasteiger partial charge in [0.1, 0.15) is 5.58 Å². The number of fused-ring (bicyclic) bond motifs is 3. The molecule has 6 aromatic rings. The minimum absolute atomic E-state index is 0. The van der Waals surface area contributed by atoms with E-state index in [1.165, 1.54) is 42.0 Å². The van der Waals surface area contributed by atoms with Gasteiger partial charge in [-0.3, -0.25) is 4.98 Å². The molecule has 0 spiro atoms. The maximum atomic E-state index is 6.16. The van der Waals surface area contributed by atoms with Gasteiger partial charge in [0.05, 0.1) is 19.2 Å². The van der Waals surface area contributed by atoms with Gasteiger partial charge in [-0.05, 0) is 64.8 Å². The monoisotopic (exact) mass is 816 g/mol. The van der Waals surface area contributed by atoms with Crippen molar-refractivity contribution in [3.63, 3.8) is 0 Å². The average molecular weight is 816 g/mol. The first kappa shape index (κ1) is 34.9. The molecule has 245 valence electrons. The first-order chi connectivity index (χ1) is 22.2. The van der Waals surface area contributed by atoms with Crippen molar-refractivity contribution in [1.29, 1.82) is 0 Å². The molecular formula is C41H45IrN3OSi-2. The SMILES string of the molecule is CC(C)Cc1cc(-c2[c-]cccc2)ncc1[Si](C)(C)C.Cc1c[c-]c(-c2cc(CC3CCCC3)ccn2)c2oc3cccnc3c12.[Ir]. The number of hydrogen-bond donors (Lipinski definition) is 0. The third kappa shape index (κ3) is 8.17. The molecule has 0 atom stereocenters. The van der Waals surface area contributed by atoms with E-state index in [1.807, 2.05) is 48.8 Å². The number of pyridine rings is 3. The van der Waals surface area contributed by atoms with Crippen LogP contribution in [0, 0.1) is 30.9 Å². The molecule has 4 nitrogen and oxygen atoms in total. The van der Waals surface area contributed by atoms with E-state index in [0.717, 1.165) is 68.9 Å². The zero-order valence-electron chi connectivity index (χ0n) is 28.5. The van der Waals surface area contributed by atoms with Crippen LogP contribution in [0.3, 0.4) is 0 Å². The second-order valence-corrected chi connectivity index (χ2v) is 19.3. The number of furan rings is 1. The Bertz CT molecular complexity index is 1940. The van der Waals surface area contributed by atoms with Gasteiger partial charge in [-0.1, -0.05) is 94.9 Å². The van der Waals surface area contributed by atoms with E-state index in [-0.39, 0.29) is 20.1 Å². The zero-order chi connectivity index (χ0) is 32.3. The Balaban J connectivity index is 0.000000188. The Kier molecular flexibility index (Phi) is 11.3. The van der Waals surface area contributed by atoms with Gasteiger partial charge in [0.15, 0.2) is 0 Å². The van der Waals surface area contributed by atoms with Crippen LogP contribution in [0.25, 0.3) is 44.6 Å². The van der Waals surface area contributed by atoms with E-state index in [9.17, 15) is 0 Å². The zero-order valence-corrected chi connectivity index (χ0v) is 31.9. The minimum atomic E-state index is -1.34. The topological polar surface area (TPSA) is 51.8 Å². The summed E-state index contributed by atoms with van der Waals surface area (Å²) in [4.78, 5) is 13.8. The van der Waals surface area contributed by atoms with Gasteiger partial charge in [0.25, 0.3) is 0 Å². The van der Waals surface area contributed by atoms with Gasteiger partial charge in [0.2, 0.25) is 0 Å². The maximum absolute atomic E-state index is 6.16. The van der Waals surface area contributed by atoms with Crippen LogP contribution in [-0.4, -0.2) is 23.0 Å². The third-order valence-electron chi connectivity index (χ3n) is 8.99. The number of hydrogen-bond acceptors (Lipinski definition) is 4. The van der Waals surface area contributed by atoms with Crippen LogP contribution >= 0.6 is 0 Å². The fraction of sp³-hybridized carbons (Fsp3) is 0.341. The maximum Gasteiger partial charge on any atom is 0.139 e. The van der Waals surface area contributed by atoms with Crippen molar-refractivity contribution < 1.29 is 24.5 Å². The predicted molar refractivity (Wildman–Crippen MR) is 194 cm³/mol. The molecule has 0 bridgehead atoms. The number of aryl methyl sites for hydroxylation is 1. The predicted octanol–water partition coefficient (Wildman–Crippen LogP) is 10.2. The first-order valence-corrected chi connectivity index (χ1v) is 20.3. The van der Waals surface area contributed by atoms with Gasteiger partial charge in [-0.25, -0.2) is 0 Å². The largest absolute Gasteiger partial charge is 0.499 e. The Morgan fingerprint density at radius 1 is 0.915 bits per heavy atom. The van der Waals surface area contributed by atoms with Crippen molar-refractivity contribution >= 4 is 35.3 Å². The van der Waals surface area contributed by atoms with Crippen molar-refractivity contribution in [2.45, 2.75) is 78.9 Å². The Morgan fingerprint density at radius 3 is 2.45 bits per heavy atom. The quantitative estimate of drug-likeness (QED) is 0.119. The van der Waals surface area contributed by atoms with Gasteiger partial charge >= 0.3 is 0 Å². The summed E-state index contributed by atoms with van der Waals surface area (Å²) in [5.41, 5.74) is 10.5. The molecular weight excluding hydrogens is 771 g/mol. The molecule has 47 heavy (non-hydrogen) atoms. The van der Waals surface area contributed by atoms with E-state index in [2.05, 4.69) is 98.0 Å². The first-order valence-electron chi connectivity index (χ1n) is 16.8. The third-order valence-corrected chi connectivity index (χ3v) is 11.1. The average Bonchev–Trinajstić information content (AvgIpc) is 3.70. The smallest absolute Gasteiger partial charge is 0.139 e. The van der Waals surface area contributed by atoms with Crippen LogP contribution in [0.15, 0.2) is 83.7 Å². The molecule has 0 unspecified atom stereocenters. The molecule has 1 radical (unpaired) electrons.